The Morgan fingerprint density at radius 3 is 2.05 bits per heavy atom. The standard InChI is InChI=1S/C16H31NO2S/c1-11(2)14(10-20-13(5)6)17-16(19)9-7-8-15(18)12(3)4/h11-14H,7-10H2,1-6H3,(H,17,19). The highest BCUT2D eigenvalue weighted by atomic mass is 32.2. The Bertz CT molecular complexity index is 301. The van der Waals surface area contributed by atoms with Crippen molar-refractivity contribution < 1.29 is 9.59 Å². The molecule has 0 aliphatic rings. The number of carbonyl (C=O) groups is 2. The van der Waals surface area contributed by atoms with Crippen LogP contribution < -0.4 is 5.32 Å². The van der Waals surface area contributed by atoms with Crippen LogP contribution in [-0.4, -0.2) is 28.7 Å². The highest BCUT2D eigenvalue weighted by Gasteiger charge is 2.17. The van der Waals surface area contributed by atoms with E-state index < -0.39 is 0 Å². The van der Waals surface area contributed by atoms with Crippen LogP contribution in [0.1, 0.15) is 60.8 Å². The van der Waals surface area contributed by atoms with Crippen LogP contribution >= 0.6 is 11.8 Å². The number of nitrogens with one attached hydrogen (secondary N) is 1. The molecule has 1 unspecified atom stereocenters. The molecule has 0 saturated carbocycles. The molecule has 0 aromatic heterocycles. The summed E-state index contributed by atoms with van der Waals surface area (Å²) in [6, 6.07) is 0.218. The molecule has 118 valence electrons. The molecule has 0 aromatic rings. The first-order valence-corrected chi connectivity index (χ1v) is 8.72. The van der Waals surface area contributed by atoms with Gasteiger partial charge in [-0.3, -0.25) is 9.59 Å². The summed E-state index contributed by atoms with van der Waals surface area (Å²) in [6.07, 6.45) is 1.62. The van der Waals surface area contributed by atoms with E-state index in [1.165, 1.54) is 0 Å². The van der Waals surface area contributed by atoms with Gasteiger partial charge in [0.1, 0.15) is 5.78 Å². The number of carbonyl (C=O) groups excluding carboxylic acids is 2. The van der Waals surface area contributed by atoms with Crippen LogP contribution in [0.25, 0.3) is 0 Å². The number of hydrogen-bond acceptors (Lipinski definition) is 3. The van der Waals surface area contributed by atoms with Gasteiger partial charge in [0.15, 0.2) is 0 Å². The van der Waals surface area contributed by atoms with Crippen molar-refractivity contribution in [3.8, 4) is 0 Å². The average molecular weight is 301 g/mol. The summed E-state index contributed by atoms with van der Waals surface area (Å²) in [7, 11) is 0. The zero-order valence-electron chi connectivity index (χ0n) is 13.9. The van der Waals surface area contributed by atoms with Crippen LogP contribution in [0.15, 0.2) is 0 Å². The lowest BCUT2D eigenvalue weighted by atomic mass is 10.0. The van der Waals surface area contributed by atoms with Gasteiger partial charge < -0.3 is 5.32 Å². The molecule has 0 aliphatic heterocycles. The topological polar surface area (TPSA) is 46.2 Å². The Morgan fingerprint density at radius 1 is 1.00 bits per heavy atom. The Hall–Kier alpha value is -0.510. The molecule has 0 heterocycles. The summed E-state index contributed by atoms with van der Waals surface area (Å²) in [5, 5.41) is 3.68. The maximum atomic E-state index is 11.9. The largest absolute Gasteiger partial charge is 0.352 e. The number of thioether (sulfide) groups is 1. The normalized spacial score (nSPS) is 13.1. The molecule has 0 spiro atoms. The van der Waals surface area contributed by atoms with Crippen LogP contribution in [0.3, 0.4) is 0 Å². The van der Waals surface area contributed by atoms with Crippen molar-refractivity contribution in [2.45, 2.75) is 72.1 Å². The number of ketones is 1. The van der Waals surface area contributed by atoms with Gasteiger partial charge in [-0.1, -0.05) is 41.5 Å². The van der Waals surface area contributed by atoms with E-state index in [4.69, 9.17) is 0 Å². The fourth-order valence-corrected chi connectivity index (χ4v) is 2.75. The Kier molecular flexibility index (Phi) is 9.99. The molecule has 1 N–H and O–H groups in total. The Balaban J connectivity index is 4.04. The molecule has 1 atom stereocenters. The third-order valence-electron chi connectivity index (χ3n) is 3.23. The molecule has 4 heteroatoms. The molecule has 0 rings (SSSR count). The van der Waals surface area contributed by atoms with Crippen LogP contribution in [0.5, 0.6) is 0 Å². The highest BCUT2D eigenvalue weighted by Crippen LogP contribution is 2.15. The van der Waals surface area contributed by atoms with Crippen LogP contribution in [-0.2, 0) is 9.59 Å². The molecule has 0 saturated heterocycles. The number of rotatable bonds is 10. The molecule has 3 nitrogen and oxygen atoms in total. The van der Waals surface area contributed by atoms with Gasteiger partial charge in [0.25, 0.3) is 0 Å². The Labute approximate surface area is 128 Å². The predicted octanol–water partition coefficient (Wildman–Crippen LogP) is 3.66. The van der Waals surface area contributed by atoms with Crippen molar-refractivity contribution in [2.75, 3.05) is 5.75 Å². The first-order valence-electron chi connectivity index (χ1n) is 7.67. The summed E-state index contributed by atoms with van der Waals surface area (Å²) in [5.41, 5.74) is 0. The van der Waals surface area contributed by atoms with E-state index in [1.807, 2.05) is 25.6 Å². The molecule has 20 heavy (non-hydrogen) atoms. The first kappa shape index (κ1) is 19.5. The van der Waals surface area contributed by atoms with Crippen molar-refractivity contribution in [1.82, 2.24) is 5.32 Å². The minimum atomic E-state index is 0.0731. The second kappa shape index (κ2) is 10.3. The fraction of sp³-hybridized carbons (Fsp3) is 0.875. The van der Waals surface area contributed by atoms with Gasteiger partial charge in [0.05, 0.1) is 0 Å². The highest BCUT2D eigenvalue weighted by molar-refractivity contribution is 7.99. The van der Waals surface area contributed by atoms with Gasteiger partial charge in [-0.05, 0) is 17.6 Å². The number of amides is 1. The summed E-state index contributed by atoms with van der Waals surface area (Å²) >= 11 is 1.87. The van der Waals surface area contributed by atoms with E-state index >= 15 is 0 Å². The van der Waals surface area contributed by atoms with Gasteiger partial charge in [-0.15, -0.1) is 0 Å². The fourth-order valence-electron chi connectivity index (χ4n) is 1.69. The van der Waals surface area contributed by atoms with E-state index in [1.54, 1.807) is 0 Å². The molecule has 1 amide bonds. The Morgan fingerprint density at radius 2 is 1.60 bits per heavy atom. The van der Waals surface area contributed by atoms with E-state index in [-0.39, 0.29) is 23.7 Å². The molecular formula is C16H31NO2S. The van der Waals surface area contributed by atoms with Crippen molar-refractivity contribution in [3.63, 3.8) is 0 Å². The van der Waals surface area contributed by atoms with Gasteiger partial charge in [-0.2, -0.15) is 11.8 Å². The van der Waals surface area contributed by atoms with Crippen molar-refractivity contribution in [1.29, 1.82) is 0 Å². The van der Waals surface area contributed by atoms with Crippen LogP contribution in [0.4, 0.5) is 0 Å². The van der Waals surface area contributed by atoms with Crippen LogP contribution in [0, 0.1) is 11.8 Å². The lowest BCUT2D eigenvalue weighted by molar-refractivity contribution is -0.123. The SMILES string of the molecule is CC(C)SCC(NC(=O)CCCC(=O)C(C)C)C(C)C. The third-order valence-corrected chi connectivity index (χ3v) is 4.45. The van der Waals surface area contributed by atoms with E-state index in [0.717, 1.165) is 5.75 Å². The molecule has 0 bridgehead atoms. The van der Waals surface area contributed by atoms with E-state index in [0.29, 0.717) is 30.4 Å². The second-order valence-electron chi connectivity index (χ2n) is 6.27. The quantitative estimate of drug-likeness (QED) is 0.670. The van der Waals surface area contributed by atoms with Gasteiger partial charge >= 0.3 is 0 Å². The zero-order valence-corrected chi connectivity index (χ0v) is 14.7. The lowest BCUT2D eigenvalue weighted by Crippen LogP contribution is -2.40. The number of Topliss-reactive ketones (excluding diaryl/α,β-unsaturated/α-hetero) is 1. The average Bonchev–Trinajstić information content (AvgIpc) is 2.33. The summed E-state index contributed by atoms with van der Waals surface area (Å²) < 4.78 is 0. The van der Waals surface area contributed by atoms with E-state index in [2.05, 4.69) is 33.0 Å². The lowest BCUT2D eigenvalue weighted by Gasteiger charge is -2.23. The third kappa shape index (κ3) is 9.40. The van der Waals surface area contributed by atoms with Crippen molar-refractivity contribution in [3.05, 3.63) is 0 Å². The minimum absolute atomic E-state index is 0.0731. The molecule has 0 aromatic carbocycles. The maximum Gasteiger partial charge on any atom is 0.220 e. The predicted molar refractivity (Wildman–Crippen MR) is 88.1 cm³/mol. The molecule has 0 fully saturated rings. The minimum Gasteiger partial charge on any atom is -0.352 e. The van der Waals surface area contributed by atoms with Crippen molar-refractivity contribution in [2.24, 2.45) is 11.8 Å². The van der Waals surface area contributed by atoms with Crippen molar-refractivity contribution >= 4 is 23.5 Å². The van der Waals surface area contributed by atoms with E-state index in [9.17, 15) is 9.59 Å². The zero-order chi connectivity index (χ0) is 15.7. The number of hydrogen-bond donors (Lipinski definition) is 1. The van der Waals surface area contributed by atoms with Gasteiger partial charge in [0, 0.05) is 30.6 Å². The maximum absolute atomic E-state index is 11.9. The van der Waals surface area contributed by atoms with Gasteiger partial charge in [0.2, 0.25) is 5.91 Å². The summed E-state index contributed by atoms with van der Waals surface area (Å²) in [6.45, 7) is 12.4. The molecular weight excluding hydrogens is 270 g/mol. The smallest absolute Gasteiger partial charge is 0.220 e. The monoisotopic (exact) mass is 301 g/mol. The molecule has 0 aliphatic carbocycles. The van der Waals surface area contributed by atoms with Gasteiger partial charge in [-0.25, -0.2) is 0 Å². The van der Waals surface area contributed by atoms with Crippen LogP contribution in [0.2, 0.25) is 0 Å². The summed E-state index contributed by atoms with van der Waals surface area (Å²) in [4.78, 5) is 23.4. The second-order valence-corrected chi connectivity index (χ2v) is 7.88. The molecule has 0 radical (unpaired) electrons. The summed E-state index contributed by atoms with van der Waals surface area (Å²) in [5.74, 6) is 1.77. The first-order chi connectivity index (χ1) is 9.23.